The van der Waals surface area contributed by atoms with Crippen LogP contribution in [0.1, 0.15) is 6.42 Å². The Morgan fingerprint density at radius 1 is 1.19 bits per heavy atom. The van der Waals surface area contributed by atoms with Crippen molar-refractivity contribution in [2.75, 3.05) is 39.5 Å². The van der Waals surface area contributed by atoms with Gasteiger partial charge in [-0.3, -0.25) is 4.79 Å². The highest BCUT2D eigenvalue weighted by Gasteiger charge is 2.04. The molecule has 0 heterocycles. The van der Waals surface area contributed by atoms with Crippen molar-refractivity contribution in [1.29, 1.82) is 0 Å². The Balaban J connectivity index is 2.12. The van der Waals surface area contributed by atoms with Gasteiger partial charge in [-0.1, -0.05) is 12.1 Å². The van der Waals surface area contributed by atoms with Gasteiger partial charge in [0.15, 0.2) is 0 Å². The predicted octanol–water partition coefficient (Wildman–Crippen LogP) is 0.425. The van der Waals surface area contributed by atoms with E-state index in [-0.39, 0.29) is 25.0 Å². The third-order valence-electron chi connectivity index (χ3n) is 2.64. The van der Waals surface area contributed by atoms with E-state index in [4.69, 9.17) is 10.5 Å². The van der Waals surface area contributed by atoms with Crippen LogP contribution in [0.2, 0.25) is 0 Å². The van der Waals surface area contributed by atoms with Crippen LogP contribution in [0, 0.1) is 0 Å². The highest BCUT2D eigenvalue weighted by atomic mass is 16.5. The molecule has 3 amide bonds. The first-order valence-electron chi connectivity index (χ1n) is 6.70. The maximum Gasteiger partial charge on any atom is 0.316 e. The van der Waals surface area contributed by atoms with Crippen LogP contribution in [0.3, 0.4) is 0 Å². The number of amides is 3. The average molecular weight is 294 g/mol. The number of hydrogen-bond donors (Lipinski definition) is 3. The Morgan fingerprint density at radius 2 is 1.86 bits per heavy atom. The highest BCUT2D eigenvalue weighted by Crippen LogP contribution is 2.19. The molecule has 4 N–H and O–H groups in total. The van der Waals surface area contributed by atoms with E-state index in [2.05, 4.69) is 10.6 Å². The van der Waals surface area contributed by atoms with Crippen LogP contribution < -0.4 is 21.1 Å². The molecule has 21 heavy (non-hydrogen) atoms. The Morgan fingerprint density at radius 3 is 2.52 bits per heavy atom. The lowest BCUT2D eigenvalue weighted by Crippen LogP contribution is -2.39. The van der Waals surface area contributed by atoms with E-state index >= 15 is 0 Å². The molecule has 1 aromatic carbocycles. The number of carbonyl (C=O) groups is 2. The number of ether oxygens (including phenoxy) is 1. The number of benzene rings is 1. The topological polar surface area (TPSA) is 96.7 Å². The van der Waals surface area contributed by atoms with Gasteiger partial charge in [0.2, 0.25) is 5.91 Å². The summed E-state index contributed by atoms with van der Waals surface area (Å²) in [6, 6.07) is 6.94. The van der Waals surface area contributed by atoms with Gasteiger partial charge in [-0.15, -0.1) is 0 Å². The summed E-state index contributed by atoms with van der Waals surface area (Å²) in [5.41, 5.74) is 6.26. The molecule has 0 spiro atoms. The third kappa shape index (κ3) is 6.51. The van der Waals surface area contributed by atoms with Crippen molar-refractivity contribution in [3.05, 3.63) is 24.3 Å². The largest absolute Gasteiger partial charge is 0.491 e. The Labute approximate surface area is 124 Å². The lowest BCUT2D eigenvalue weighted by molar-refractivity contribution is -0.121. The fourth-order valence-electron chi connectivity index (χ4n) is 1.48. The molecule has 7 nitrogen and oxygen atoms in total. The van der Waals surface area contributed by atoms with Crippen LogP contribution in [0.25, 0.3) is 0 Å². The first-order valence-corrected chi connectivity index (χ1v) is 6.70. The van der Waals surface area contributed by atoms with Crippen molar-refractivity contribution in [2.24, 2.45) is 0 Å². The van der Waals surface area contributed by atoms with Crippen LogP contribution in [0.15, 0.2) is 24.3 Å². The van der Waals surface area contributed by atoms with Crippen LogP contribution in [0.5, 0.6) is 5.75 Å². The molecular weight excluding hydrogens is 272 g/mol. The summed E-state index contributed by atoms with van der Waals surface area (Å²) in [4.78, 5) is 24.2. The van der Waals surface area contributed by atoms with E-state index < -0.39 is 0 Å². The molecule has 0 aliphatic carbocycles. The zero-order valence-corrected chi connectivity index (χ0v) is 12.4. The minimum Gasteiger partial charge on any atom is -0.491 e. The van der Waals surface area contributed by atoms with Crippen LogP contribution in [-0.4, -0.2) is 50.6 Å². The molecular formula is C14H22N4O3. The molecule has 0 saturated heterocycles. The van der Waals surface area contributed by atoms with Gasteiger partial charge >= 0.3 is 6.03 Å². The molecule has 0 bridgehead atoms. The standard InChI is InChI=1S/C14H22N4O3/c1-18(2)14(20)17-9-8-16-13(19)7-10-21-12-6-4-3-5-11(12)15/h3-6H,7-10,15H2,1-2H3,(H,16,19)(H,17,20). The fourth-order valence-corrected chi connectivity index (χ4v) is 1.48. The van der Waals surface area contributed by atoms with Gasteiger partial charge in [0, 0.05) is 27.2 Å². The number of nitrogen functional groups attached to an aromatic ring is 1. The van der Waals surface area contributed by atoms with Gasteiger partial charge in [-0.05, 0) is 12.1 Å². The van der Waals surface area contributed by atoms with Crippen LogP contribution in [0.4, 0.5) is 10.5 Å². The van der Waals surface area contributed by atoms with E-state index in [0.717, 1.165) is 0 Å². The van der Waals surface area contributed by atoms with Crippen molar-refractivity contribution < 1.29 is 14.3 Å². The summed E-state index contributed by atoms with van der Waals surface area (Å²) < 4.78 is 5.42. The van der Waals surface area contributed by atoms with Gasteiger partial charge < -0.3 is 26.0 Å². The third-order valence-corrected chi connectivity index (χ3v) is 2.64. The Hall–Kier alpha value is -2.44. The van der Waals surface area contributed by atoms with Gasteiger partial charge in [0.25, 0.3) is 0 Å². The van der Waals surface area contributed by atoms with Crippen molar-refractivity contribution in [3.63, 3.8) is 0 Å². The molecule has 1 aromatic rings. The molecule has 116 valence electrons. The molecule has 0 aliphatic rings. The second-order valence-corrected chi connectivity index (χ2v) is 4.61. The number of nitrogens with one attached hydrogen (secondary N) is 2. The van der Waals surface area contributed by atoms with Gasteiger partial charge in [-0.25, -0.2) is 4.79 Å². The summed E-state index contributed by atoms with van der Waals surface area (Å²) >= 11 is 0. The number of hydrogen-bond acceptors (Lipinski definition) is 4. The second kappa shape index (κ2) is 8.68. The lowest BCUT2D eigenvalue weighted by atomic mass is 10.3. The predicted molar refractivity (Wildman–Crippen MR) is 81.1 cm³/mol. The number of urea groups is 1. The van der Waals surface area contributed by atoms with E-state index in [9.17, 15) is 9.59 Å². The molecule has 7 heteroatoms. The number of nitrogens with two attached hydrogens (primary N) is 1. The monoisotopic (exact) mass is 294 g/mol. The van der Waals surface area contributed by atoms with Gasteiger partial charge in [0.1, 0.15) is 5.75 Å². The number of anilines is 1. The first-order chi connectivity index (χ1) is 10.0. The maximum absolute atomic E-state index is 11.6. The van der Waals surface area contributed by atoms with E-state index in [1.54, 1.807) is 26.2 Å². The Kier molecular flexibility index (Phi) is 6.86. The highest BCUT2D eigenvalue weighted by molar-refractivity contribution is 5.76. The SMILES string of the molecule is CN(C)C(=O)NCCNC(=O)CCOc1ccccc1N. The minimum atomic E-state index is -0.188. The quantitative estimate of drug-likeness (QED) is 0.502. The average Bonchev–Trinajstić information content (AvgIpc) is 2.45. The summed E-state index contributed by atoms with van der Waals surface area (Å²) in [7, 11) is 3.31. The number of rotatable bonds is 7. The summed E-state index contributed by atoms with van der Waals surface area (Å²) in [5, 5.41) is 5.35. The van der Waals surface area contributed by atoms with E-state index in [1.807, 2.05) is 12.1 Å². The number of para-hydroxylation sites is 2. The van der Waals surface area contributed by atoms with Crippen molar-refractivity contribution in [3.8, 4) is 5.75 Å². The fraction of sp³-hybridized carbons (Fsp3) is 0.429. The normalized spacial score (nSPS) is 9.81. The second-order valence-electron chi connectivity index (χ2n) is 4.61. The summed E-state index contributed by atoms with van der Waals surface area (Å²) in [6.07, 6.45) is 0.232. The Bertz CT molecular complexity index is 477. The van der Waals surface area contributed by atoms with E-state index in [0.29, 0.717) is 24.5 Å². The minimum absolute atomic E-state index is 0.136. The van der Waals surface area contributed by atoms with Gasteiger partial charge in [-0.2, -0.15) is 0 Å². The summed E-state index contributed by atoms with van der Waals surface area (Å²) in [6.45, 7) is 1.02. The molecule has 0 saturated carbocycles. The van der Waals surface area contributed by atoms with Gasteiger partial charge in [0.05, 0.1) is 18.7 Å². The van der Waals surface area contributed by atoms with Crippen molar-refractivity contribution in [1.82, 2.24) is 15.5 Å². The zero-order chi connectivity index (χ0) is 15.7. The first kappa shape index (κ1) is 16.6. The molecule has 0 fully saturated rings. The number of nitrogens with zero attached hydrogens (tertiary/aromatic N) is 1. The maximum atomic E-state index is 11.6. The molecule has 0 atom stereocenters. The molecule has 0 unspecified atom stereocenters. The molecule has 1 rings (SSSR count). The van der Waals surface area contributed by atoms with Crippen molar-refractivity contribution >= 4 is 17.6 Å². The van der Waals surface area contributed by atoms with E-state index in [1.165, 1.54) is 4.90 Å². The smallest absolute Gasteiger partial charge is 0.316 e. The molecule has 0 aromatic heterocycles. The lowest BCUT2D eigenvalue weighted by Gasteiger charge is -2.12. The summed E-state index contributed by atoms with van der Waals surface area (Å²) in [5.74, 6) is 0.437. The number of carbonyl (C=O) groups excluding carboxylic acids is 2. The van der Waals surface area contributed by atoms with Crippen LogP contribution >= 0.6 is 0 Å². The van der Waals surface area contributed by atoms with Crippen LogP contribution in [-0.2, 0) is 4.79 Å². The zero-order valence-electron chi connectivity index (χ0n) is 12.4. The molecule has 0 aliphatic heterocycles. The van der Waals surface area contributed by atoms with Crippen molar-refractivity contribution in [2.45, 2.75) is 6.42 Å². The molecule has 0 radical (unpaired) electrons.